The second kappa shape index (κ2) is 11.0. The van der Waals surface area contributed by atoms with Gasteiger partial charge < -0.3 is 15.5 Å². The van der Waals surface area contributed by atoms with Crippen molar-refractivity contribution in [1.29, 1.82) is 0 Å². The first-order valence-corrected chi connectivity index (χ1v) is 9.73. The lowest BCUT2D eigenvalue weighted by molar-refractivity contribution is -0.134. The largest absolute Gasteiger partial charge is 0.356 e. The van der Waals surface area contributed by atoms with Crippen LogP contribution in [0.25, 0.3) is 0 Å². The zero-order chi connectivity index (χ0) is 17.5. The summed E-state index contributed by atoms with van der Waals surface area (Å²) in [7, 11) is 0. The molecule has 2 fully saturated rings. The first-order valence-electron chi connectivity index (χ1n) is 9.73. The molecule has 2 unspecified atom stereocenters. The Morgan fingerprint density at radius 3 is 2.48 bits per heavy atom. The molecule has 0 aromatic rings. The first kappa shape index (κ1) is 22.2. The van der Waals surface area contributed by atoms with E-state index in [2.05, 4.69) is 17.6 Å². The molecule has 6 heteroatoms. The molecule has 146 valence electrons. The maximum absolute atomic E-state index is 12.7. The maximum Gasteiger partial charge on any atom is 0.222 e. The van der Waals surface area contributed by atoms with Crippen LogP contribution < -0.4 is 10.6 Å². The van der Waals surface area contributed by atoms with Gasteiger partial charge in [0.15, 0.2) is 0 Å². The zero-order valence-corrected chi connectivity index (χ0v) is 16.9. The van der Waals surface area contributed by atoms with E-state index >= 15 is 0 Å². The van der Waals surface area contributed by atoms with Gasteiger partial charge in [-0.05, 0) is 56.5 Å². The van der Waals surface area contributed by atoms with Crippen LogP contribution in [0, 0.1) is 23.7 Å². The lowest BCUT2D eigenvalue weighted by atomic mass is 9.83. The van der Waals surface area contributed by atoms with Crippen molar-refractivity contribution in [2.75, 3.05) is 32.7 Å². The van der Waals surface area contributed by atoms with Crippen molar-refractivity contribution < 1.29 is 9.59 Å². The van der Waals surface area contributed by atoms with Gasteiger partial charge in [-0.15, -0.1) is 12.4 Å². The lowest BCUT2D eigenvalue weighted by Gasteiger charge is -2.35. The molecule has 2 aliphatic rings. The monoisotopic (exact) mass is 373 g/mol. The van der Waals surface area contributed by atoms with Gasteiger partial charge in [-0.3, -0.25) is 9.59 Å². The molecule has 2 heterocycles. The first-order chi connectivity index (χ1) is 11.5. The number of hydrogen-bond donors (Lipinski definition) is 2. The summed E-state index contributed by atoms with van der Waals surface area (Å²) < 4.78 is 0. The molecular weight excluding hydrogens is 338 g/mol. The summed E-state index contributed by atoms with van der Waals surface area (Å²) in [4.78, 5) is 26.4. The number of nitrogens with one attached hydrogen (secondary N) is 2. The van der Waals surface area contributed by atoms with Gasteiger partial charge in [0.2, 0.25) is 11.8 Å². The predicted molar refractivity (Wildman–Crippen MR) is 104 cm³/mol. The van der Waals surface area contributed by atoms with Crippen LogP contribution in [-0.2, 0) is 9.59 Å². The third-order valence-corrected chi connectivity index (χ3v) is 5.65. The van der Waals surface area contributed by atoms with Gasteiger partial charge in [0, 0.05) is 32.0 Å². The molecule has 2 N–H and O–H groups in total. The number of nitrogens with zero attached hydrogens (tertiary/aromatic N) is 1. The number of rotatable bonds is 6. The molecular formula is C19H36ClN3O2. The van der Waals surface area contributed by atoms with Crippen LogP contribution >= 0.6 is 12.4 Å². The van der Waals surface area contributed by atoms with E-state index in [0.29, 0.717) is 36.6 Å². The molecule has 2 rings (SSSR count). The smallest absolute Gasteiger partial charge is 0.222 e. The van der Waals surface area contributed by atoms with E-state index in [-0.39, 0.29) is 24.2 Å². The van der Waals surface area contributed by atoms with Crippen molar-refractivity contribution in [2.24, 2.45) is 23.7 Å². The number of likely N-dealkylation sites (tertiary alicyclic amines) is 1. The van der Waals surface area contributed by atoms with E-state index in [0.717, 1.165) is 39.0 Å². The number of carbonyl (C=O) groups excluding carboxylic acids is 2. The quantitative estimate of drug-likeness (QED) is 0.751. The fourth-order valence-electron chi connectivity index (χ4n) is 3.89. The standard InChI is InChI=1S/C19H35N3O2.ClH/c1-14(2)19(24)21-12-16-5-4-10-22(13-16)18(23)11-15(3)17-6-8-20-9-7-17;/h14-17,20H,4-13H2,1-3H3,(H,21,24);1H. The SMILES string of the molecule is CC(C)C(=O)NCC1CCCN(C(=O)CC(C)C2CCNCC2)C1.Cl. The molecule has 2 aliphatic heterocycles. The summed E-state index contributed by atoms with van der Waals surface area (Å²) in [5.74, 6) is 2.00. The molecule has 0 radical (unpaired) electrons. The van der Waals surface area contributed by atoms with Gasteiger partial charge in [0.05, 0.1) is 0 Å². The lowest BCUT2D eigenvalue weighted by Crippen LogP contribution is -2.45. The van der Waals surface area contributed by atoms with Crippen molar-refractivity contribution in [1.82, 2.24) is 15.5 Å². The Kier molecular flexibility index (Phi) is 9.80. The average molecular weight is 374 g/mol. The zero-order valence-electron chi connectivity index (χ0n) is 16.1. The van der Waals surface area contributed by atoms with E-state index in [1.807, 2.05) is 18.7 Å². The number of amides is 2. The van der Waals surface area contributed by atoms with Gasteiger partial charge >= 0.3 is 0 Å². The maximum atomic E-state index is 12.7. The molecule has 0 aliphatic carbocycles. The number of hydrogen-bond acceptors (Lipinski definition) is 3. The molecule has 0 saturated carbocycles. The van der Waals surface area contributed by atoms with E-state index < -0.39 is 0 Å². The summed E-state index contributed by atoms with van der Waals surface area (Å²) in [6, 6.07) is 0. The topological polar surface area (TPSA) is 61.4 Å². The van der Waals surface area contributed by atoms with Crippen LogP contribution in [0.2, 0.25) is 0 Å². The van der Waals surface area contributed by atoms with Gasteiger partial charge in [0.1, 0.15) is 0 Å². The van der Waals surface area contributed by atoms with Crippen LogP contribution in [0.15, 0.2) is 0 Å². The van der Waals surface area contributed by atoms with Crippen LogP contribution in [0.3, 0.4) is 0 Å². The average Bonchev–Trinajstić information content (AvgIpc) is 2.60. The van der Waals surface area contributed by atoms with Crippen LogP contribution in [0.4, 0.5) is 0 Å². The van der Waals surface area contributed by atoms with E-state index in [1.54, 1.807) is 0 Å². The van der Waals surface area contributed by atoms with Gasteiger partial charge in [0.25, 0.3) is 0 Å². The minimum atomic E-state index is 0. The molecule has 2 amide bonds. The number of halogens is 1. The third-order valence-electron chi connectivity index (χ3n) is 5.65. The van der Waals surface area contributed by atoms with Crippen molar-refractivity contribution in [3.63, 3.8) is 0 Å². The normalized spacial score (nSPS) is 23.0. The molecule has 25 heavy (non-hydrogen) atoms. The Balaban J connectivity index is 0.00000312. The van der Waals surface area contributed by atoms with Crippen molar-refractivity contribution in [3.05, 3.63) is 0 Å². The fraction of sp³-hybridized carbons (Fsp3) is 0.895. The van der Waals surface area contributed by atoms with Crippen molar-refractivity contribution in [2.45, 2.75) is 52.9 Å². The van der Waals surface area contributed by atoms with Crippen LogP contribution in [-0.4, -0.2) is 49.4 Å². The molecule has 5 nitrogen and oxygen atoms in total. The summed E-state index contributed by atoms with van der Waals surface area (Å²) in [5.41, 5.74) is 0. The molecule has 0 spiro atoms. The van der Waals surface area contributed by atoms with Gasteiger partial charge in [-0.1, -0.05) is 20.8 Å². The molecule has 2 atom stereocenters. The number of piperidine rings is 2. The minimum Gasteiger partial charge on any atom is -0.356 e. The summed E-state index contributed by atoms with van der Waals surface area (Å²) in [6.07, 6.45) is 5.22. The fourth-order valence-corrected chi connectivity index (χ4v) is 3.89. The Labute approximate surface area is 159 Å². The summed E-state index contributed by atoms with van der Waals surface area (Å²) >= 11 is 0. The Bertz CT molecular complexity index is 425. The Morgan fingerprint density at radius 2 is 1.84 bits per heavy atom. The van der Waals surface area contributed by atoms with E-state index in [1.165, 1.54) is 12.8 Å². The summed E-state index contributed by atoms with van der Waals surface area (Å²) in [5, 5.41) is 6.41. The Morgan fingerprint density at radius 1 is 1.16 bits per heavy atom. The summed E-state index contributed by atoms with van der Waals surface area (Å²) in [6.45, 7) is 10.6. The molecule has 0 aromatic carbocycles. The van der Waals surface area contributed by atoms with Gasteiger partial charge in [-0.25, -0.2) is 0 Å². The van der Waals surface area contributed by atoms with E-state index in [4.69, 9.17) is 0 Å². The van der Waals surface area contributed by atoms with Crippen molar-refractivity contribution >= 4 is 24.2 Å². The predicted octanol–water partition coefficient (Wildman–Crippen LogP) is 2.44. The highest BCUT2D eigenvalue weighted by molar-refractivity contribution is 5.85. The van der Waals surface area contributed by atoms with Crippen LogP contribution in [0.1, 0.15) is 52.9 Å². The second-order valence-corrected chi connectivity index (χ2v) is 8.02. The van der Waals surface area contributed by atoms with Crippen LogP contribution in [0.5, 0.6) is 0 Å². The highest BCUT2D eigenvalue weighted by Gasteiger charge is 2.27. The molecule has 2 saturated heterocycles. The second-order valence-electron chi connectivity index (χ2n) is 8.02. The third kappa shape index (κ3) is 7.14. The highest BCUT2D eigenvalue weighted by atomic mass is 35.5. The number of carbonyl (C=O) groups is 2. The Hall–Kier alpha value is -0.810. The van der Waals surface area contributed by atoms with E-state index in [9.17, 15) is 9.59 Å². The van der Waals surface area contributed by atoms with Gasteiger partial charge in [-0.2, -0.15) is 0 Å². The minimum absolute atomic E-state index is 0. The highest BCUT2D eigenvalue weighted by Crippen LogP contribution is 2.26. The van der Waals surface area contributed by atoms with Crippen molar-refractivity contribution in [3.8, 4) is 0 Å². The molecule has 0 aromatic heterocycles. The molecule has 0 bridgehead atoms.